The minimum atomic E-state index is -0.914. The quantitative estimate of drug-likeness (QED) is 0.236. The molecule has 0 fully saturated rings. The molecule has 9 heteroatoms. The summed E-state index contributed by atoms with van der Waals surface area (Å²) < 4.78 is 11.0. The van der Waals surface area contributed by atoms with E-state index in [1.54, 1.807) is 18.2 Å². The summed E-state index contributed by atoms with van der Waals surface area (Å²) in [6.45, 7) is 0.348. The van der Waals surface area contributed by atoms with Crippen molar-refractivity contribution < 1.29 is 23.9 Å². The third kappa shape index (κ3) is 8.01. The van der Waals surface area contributed by atoms with Crippen molar-refractivity contribution in [2.75, 3.05) is 13.7 Å². The Morgan fingerprint density at radius 2 is 1.43 bits per heavy atom. The Kier molecular flexibility index (Phi) is 9.38. The lowest BCUT2D eigenvalue weighted by molar-refractivity contribution is -0.139. The van der Waals surface area contributed by atoms with Crippen molar-refractivity contribution in [1.29, 1.82) is 0 Å². The minimum absolute atomic E-state index is 0.219. The molecule has 0 radical (unpaired) electrons. The summed E-state index contributed by atoms with van der Waals surface area (Å²) in [6.07, 6.45) is 1.31. The highest BCUT2D eigenvalue weighted by Gasteiger charge is 2.14. The molecule has 0 unspecified atom stereocenters. The van der Waals surface area contributed by atoms with Crippen LogP contribution in [0, 0.1) is 0 Å². The van der Waals surface area contributed by atoms with Crippen LogP contribution in [-0.4, -0.2) is 37.7 Å². The van der Waals surface area contributed by atoms with Gasteiger partial charge in [0.15, 0.2) is 18.1 Å². The van der Waals surface area contributed by atoms with E-state index in [2.05, 4.69) is 21.2 Å². The Hall–Kier alpha value is -4.66. The van der Waals surface area contributed by atoms with Crippen molar-refractivity contribution in [2.45, 2.75) is 13.1 Å². The van der Waals surface area contributed by atoms with E-state index in [0.29, 0.717) is 17.9 Å². The predicted molar refractivity (Wildman–Crippen MR) is 131 cm³/mol. The van der Waals surface area contributed by atoms with Gasteiger partial charge in [0.1, 0.15) is 0 Å². The number of hydrogen-bond acceptors (Lipinski definition) is 6. The zero-order valence-corrected chi connectivity index (χ0v) is 19.2. The molecular weight excluding hydrogens is 448 g/mol. The Labute approximate surface area is 203 Å². The van der Waals surface area contributed by atoms with Crippen LogP contribution in [0.25, 0.3) is 0 Å². The maximum atomic E-state index is 12.2. The van der Waals surface area contributed by atoms with Gasteiger partial charge in [-0.2, -0.15) is 5.10 Å². The molecular formula is C26H26N4O5. The van der Waals surface area contributed by atoms with E-state index >= 15 is 0 Å². The first-order valence-corrected chi connectivity index (χ1v) is 10.8. The lowest BCUT2D eigenvalue weighted by Crippen LogP contribution is -2.37. The molecule has 0 heterocycles. The number of benzene rings is 3. The van der Waals surface area contributed by atoms with Crippen LogP contribution >= 0.6 is 0 Å². The van der Waals surface area contributed by atoms with E-state index in [1.165, 1.54) is 13.3 Å². The zero-order chi connectivity index (χ0) is 24.9. The second-order valence-corrected chi connectivity index (χ2v) is 7.30. The summed E-state index contributed by atoms with van der Waals surface area (Å²) in [7, 11) is 1.47. The second-order valence-electron chi connectivity index (χ2n) is 7.30. The Morgan fingerprint density at radius 3 is 2.06 bits per heavy atom. The normalized spacial score (nSPS) is 10.4. The monoisotopic (exact) mass is 474 g/mol. The molecule has 0 spiro atoms. The Balaban J connectivity index is 1.54. The molecule has 3 aromatic carbocycles. The number of ether oxygens (including phenoxy) is 2. The van der Waals surface area contributed by atoms with Gasteiger partial charge in [0.2, 0.25) is 0 Å². The molecule has 0 saturated carbocycles. The second kappa shape index (κ2) is 13.1. The maximum absolute atomic E-state index is 12.2. The third-order valence-corrected chi connectivity index (χ3v) is 4.78. The number of methoxy groups -OCH3 is 1. The van der Waals surface area contributed by atoms with Crippen molar-refractivity contribution in [1.82, 2.24) is 16.1 Å². The standard InChI is InChI=1S/C26H26N4O5/c1-34-22-14-8-13-21(24(22)35-18-23(31)27-15-19-9-4-2-5-10-19)17-29-30-26(33)25(32)28-16-20-11-6-3-7-12-20/h2-14,17H,15-16,18H2,1H3,(H,27,31)(H,28,32)(H,30,33)/b29-17-. The summed E-state index contributed by atoms with van der Waals surface area (Å²) in [4.78, 5) is 36.2. The van der Waals surface area contributed by atoms with Gasteiger partial charge in [0.05, 0.1) is 13.3 Å². The molecule has 9 nitrogen and oxygen atoms in total. The molecule has 180 valence electrons. The van der Waals surface area contributed by atoms with Crippen LogP contribution < -0.4 is 25.5 Å². The maximum Gasteiger partial charge on any atom is 0.329 e. The van der Waals surface area contributed by atoms with E-state index in [4.69, 9.17) is 9.47 Å². The van der Waals surface area contributed by atoms with Crippen LogP contribution in [0.4, 0.5) is 0 Å². The SMILES string of the molecule is COc1cccc(/C=N\NC(=O)C(=O)NCc2ccccc2)c1OCC(=O)NCc1ccccc1. The van der Waals surface area contributed by atoms with Gasteiger partial charge in [-0.05, 0) is 23.3 Å². The summed E-state index contributed by atoms with van der Waals surface area (Å²) in [5.41, 5.74) is 4.46. The fourth-order valence-corrected chi connectivity index (χ4v) is 3.00. The molecule has 0 aliphatic heterocycles. The van der Waals surface area contributed by atoms with Crippen molar-refractivity contribution in [3.63, 3.8) is 0 Å². The summed E-state index contributed by atoms with van der Waals surface area (Å²) in [5, 5.41) is 9.14. The van der Waals surface area contributed by atoms with Gasteiger partial charge < -0.3 is 20.1 Å². The van der Waals surface area contributed by atoms with E-state index in [1.807, 2.05) is 60.7 Å². The highest BCUT2D eigenvalue weighted by Crippen LogP contribution is 2.30. The van der Waals surface area contributed by atoms with E-state index in [-0.39, 0.29) is 24.8 Å². The molecule has 0 saturated heterocycles. The molecule has 3 rings (SSSR count). The van der Waals surface area contributed by atoms with Crippen molar-refractivity contribution in [2.24, 2.45) is 5.10 Å². The minimum Gasteiger partial charge on any atom is -0.493 e. The van der Waals surface area contributed by atoms with Crippen LogP contribution in [0.3, 0.4) is 0 Å². The molecule has 0 aliphatic rings. The van der Waals surface area contributed by atoms with E-state index in [0.717, 1.165) is 11.1 Å². The molecule has 0 atom stereocenters. The average molecular weight is 475 g/mol. The zero-order valence-electron chi connectivity index (χ0n) is 19.2. The fourth-order valence-electron chi connectivity index (χ4n) is 3.00. The highest BCUT2D eigenvalue weighted by molar-refractivity contribution is 6.35. The van der Waals surface area contributed by atoms with Crippen molar-refractivity contribution in [3.8, 4) is 11.5 Å². The Morgan fingerprint density at radius 1 is 0.800 bits per heavy atom. The molecule has 3 aromatic rings. The number of carbonyl (C=O) groups is 3. The van der Waals surface area contributed by atoms with Gasteiger partial charge in [-0.15, -0.1) is 0 Å². The largest absolute Gasteiger partial charge is 0.493 e. The topological polar surface area (TPSA) is 118 Å². The molecule has 0 aliphatic carbocycles. The van der Waals surface area contributed by atoms with Gasteiger partial charge in [-0.1, -0.05) is 66.7 Å². The average Bonchev–Trinajstić information content (AvgIpc) is 2.90. The number of rotatable bonds is 10. The molecule has 0 bridgehead atoms. The number of hydrazone groups is 1. The van der Waals surface area contributed by atoms with Crippen molar-refractivity contribution >= 4 is 23.9 Å². The third-order valence-electron chi connectivity index (χ3n) is 4.78. The summed E-state index contributed by atoms with van der Waals surface area (Å²) >= 11 is 0. The smallest absolute Gasteiger partial charge is 0.329 e. The van der Waals surface area contributed by atoms with E-state index in [9.17, 15) is 14.4 Å². The molecule has 35 heavy (non-hydrogen) atoms. The van der Waals surface area contributed by atoms with Gasteiger partial charge in [-0.3, -0.25) is 14.4 Å². The number of carbonyl (C=O) groups excluding carboxylic acids is 3. The van der Waals surface area contributed by atoms with Crippen LogP contribution in [0.2, 0.25) is 0 Å². The Bertz CT molecular complexity index is 1170. The number of hydrogen-bond donors (Lipinski definition) is 3. The van der Waals surface area contributed by atoms with Crippen LogP contribution in [0.5, 0.6) is 11.5 Å². The number of nitrogens with one attached hydrogen (secondary N) is 3. The van der Waals surface area contributed by atoms with Crippen molar-refractivity contribution in [3.05, 3.63) is 95.6 Å². The molecule has 3 N–H and O–H groups in total. The van der Waals surface area contributed by atoms with Gasteiger partial charge in [0, 0.05) is 18.7 Å². The summed E-state index contributed by atoms with van der Waals surface area (Å²) in [6, 6.07) is 23.8. The first-order valence-electron chi connectivity index (χ1n) is 10.8. The first kappa shape index (κ1) is 25.0. The molecule has 3 amide bonds. The van der Waals surface area contributed by atoms with Crippen LogP contribution in [0.1, 0.15) is 16.7 Å². The summed E-state index contributed by atoms with van der Waals surface area (Å²) in [5.74, 6) is -1.38. The van der Waals surface area contributed by atoms with Gasteiger partial charge in [-0.25, -0.2) is 5.43 Å². The number of amides is 3. The highest BCUT2D eigenvalue weighted by atomic mass is 16.5. The van der Waals surface area contributed by atoms with Crippen LogP contribution in [0.15, 0.2) is 84.0 Å². The fraction of sp³-hybridized carbons (Fsp3) is 0.154. The molecule has 0 aromatic heterocycles. The van der Waals surface area contributed by atoms with Gasteiger partial charge in [0.25, 0.3) is 5.91 Å². The number of nitrogens with zero attached hydrogens (tertiary/aromatic N) is 1. The van der Waals surface area contributed by atoms with E-state index < -0.39 is 11.8 Å². The number of para-hydroxylation sites is 1. The van der Waals surface area contributed by atoms with Crippen LogP contribution in [-0.2, 0) is 27.5 Å². The lowest BCUT2D eigenvalue weighted by atomic mass is 10.2. The van der Waals surface area contributed by atoms with Gasteiger partial charge >= 0.3 is 11.8 Å². The predicted octanol–water partition coefficient (Wildman–Crippen LogP) is 2.16. The first-order chi connectivity index (χ1) is 17.1. The lowest BCUT2D eigenvalue weighted by Gasteiger charge is -2.13.